The van der Waals surface area contributed by atoms with E-state index in [2.05, 4.69) is 16.6 Å². The SMILES string of the molecule is COC(=O)C#CCCOCc1ccccc1. The highest BCUT2D eigenvalue weighted by molar-refractivity contribution is 5.88. The van der Waals surface area contributed by atoms with E-state index >= 15 is 0 Å². The van der Waals surface area contributed by atoms with E-state index in [9.17, 15) is 4.79 Å². The van der Waals surface area contributed by atoms with Gasteiger partial charge < -0.3 is 9.47 Å². The molecule has 0 aliphatic carbocycles. The van der Waals surface area contributed by atoms with Gasteiger partial charge in [0, 0.05) is 12.3 Å². The number of methoxy groups -OCH3 is 1. The zero-order valence-corrected chi connectivity index (χ0v) is 9.23. The average Bonchev–Trinajstić information content (AvgIpc) is 2.34. The zero-order chi connectivity index (χ0) is 11.6. The molecule has 0 aromatic heterocycles. The van der Waals surface area contributed by atoms with Crippen LogP contribution in [0, 0.1) is 11.8 Å². The number of benzene rings is 1. The Labute approximate surface area is 95.4 Å². The maximum absolute atomic E-state index is 10.6. The first-order valence-electron chi connectivity index (χ1n) is 5.01. The van der Waals surface area contributed by atoms with Gasteiger partial charge in [-0.15, -0.1) is 0 Å². The van der Waals surface area contributed by atoms with Gasteiger partial charge in [-0.1, -0.05) is 36.3 Å². The van der Waals surface area contributed by atoms with Gasteiger partial charge in [0.1, 0.15) is 0 Å². The average molecular weight is 218 g/mol. The van der Waals surface area contributed by atoms with Crippen LogP contribution in [-0.2, 0) is 20.9 Å². The van der Waals surface area contributed by atoms with Crippen LogP contribution in [0.2, 0.25) is 0 Å². The third-order valence-electron chi connectivity index (χ3n) is 1.86. The van der Waals surface area contributed by atoms with Crippen LogP contribution in [0.1, 0.15) is 12.0 Å². The van der Waals surface area contributed by atoms with Crippen molar-refractivity contribution < 1.29 is 14.3 Å². The Bertz CT molecular complexity index is 373. The molecule has 0 saturated heterocycles. The van der Waals surface area contributed by atoms with Crippen LogP contribution in [0.3, 0.4) is 0 Å². The highest BCUT2D eigenvalue weighted by Crippen LogP contribution is 2.00. The van der Waals surface area contributed by atoms with Crippen molar-refractivity contribution in [2.45, 2.75) is 13.0 Å². The fourth-order valence-corrected chi connectivity index (χ4v) is 1.07. The quantitative estimate of drug-likeness (QED) is 0.334. The van der Waals surface area contributed by atoms with Crippen molar-refractivity contribution in [3.05, 3.63) is 35.9 Å². The molecule has 0 fully saturated rings. The maximum Gasteiger partial charge on any atom is 0.384 e. The van der Waals surface area contributed by atoms with E-state index in [1.54, 1.807) is 0 Å². The summed E-state index contributed by atoms with van der Waals surface area (Å²) in [7, 11) is 1.31. The standard InChI is InChI=1S/C13H14O3/c1-15-13(14)9-5-6-10-16-11-12-7-3-2-4-8-12/h2-4,7-8H,6,10-11H2,1H3. The molecule has 0 aliphatic heterocycles. The van der Waals surface area contributed by atoms with E-state index in [-0.39, 0.29) is 0 Å². The van der Waals surface area contributed by atoms with E-state index in [1.165, 1.54) is 7.11 Å². The first kappa shape index (κ1) is 12.3. The van der Waals surface area contributed by atoms with Crippen LogP contribution in [-0.4, -0.2) is 19.7 Å². The van der Waals surface area contributed by atoms with Gasteiger partial charge in [-0.25, -0.2) is 4.79 Å². The summed E-state index contributed by atoms with van der Waals surface area (Å²) in [5, 5.41) is 0. The Hall–Kier alpha value is -1.79. The predicted octanol–water partition coefficient (Wildman–Crippen LogP) is 1.77. The summed E-state index contributed by atoms with van der Waals surface area (Å²) in [6.45, 7) is 1.08. The molecule has 0 amide bonds. The maximum atomic E-state index is 10.6. The third kappa shape index (κ3) is 5.18. The van der Waals surface area contributed by atoms with Crippen LogP contribution in [0.5, 0.6) is 0 Å². The van der Waals surface area contributed by atoms with Crippen LogP contribution in [0.25, 0.3) is 0 Å². The summed E-state index contributed by atoms with van der Waals surface area (Å²) in [6.07, 6.45) is 0.530. The molecule has 1 aromatic rings. The molecular weight excluding hydrogens is 204 g/mol. The lowest BCUT2D eigenvalue weighted by Crippen LogP contribution is -1.96. The van der Waals surface area contributed by atoms with Crippen molar-refractivity contribution in [2.75, 3.05) is 13.7 Å². The molecule has 0 atom stereocenters. The van der Waals surface area contributed by atoms with Gasteiger partial charge in [-0.05, 0) is 5.56 Å². The van der Waals surface area contributed by atoms with Gasteiger partial charge in [-0.3, -0.25) is 0 Å². The molecule has 3 nitrogen and oxygen atoms in total. The Balaban J connectivity index is 2.12. The number of ether oxygens (including phenoxy) is 2. The topological polar surface area (TPSA) is 35.5 Å². The molecular formula is C13H14O3. The molecule has 3 heteroatoms. The Kier molecular flexibility index (Phi) is 5.75. The highest BCUT2D eigenvalue weighted by Gasteiger charge is 1.91. The number of carbonyl (C=O) groups excluding carboxylic acids is 1. The van der Waals surface area contributed by atoms with Crippen LogP contribution in [0.15, 0.2) is 30.3 Å². The van der Waals surface area contributed by atoms with Crippen LogP contribution >= 0.6 is 0 Å². The number of rotatable bonds is 4. The monoisotopic (exact) mass is 218 g/mol. The summed E-state index contributed by atoms with van der Waals surface area (Å²) in [5.74, 6) is 4.50. The lowest BCUT2D eigenvalue weighted by Gasteiger charge is -2.00. The fourth-order valence-electron chi connectivity index (χ4n) is 1.07. The largest absolute Gasteiger partial charge is 0.459 e. The van der Waals surface area contributed by atoms with Crippen molar-refractivity contribution >= 4 is 5.97 Å². The van der Waals surface area contributed by atoms with Crippen LogP contribution in [0.4, 0.5) is 0 Å². The second kappa shape index (κ2) is 7.49. The lowest BCUT2D eigenvalue weighted by molar-refractivity contribution is -0.133. The number of hydrogen-bond acceptors (Lipinski definition) is 3. The summed E-state index contributed by atoms with van der Waals surface area (Å²) in [4.78, 5) is 10.6. The molecule has 0 saturated carbocycles. The van der Waals surface area contributed by atoms with Crippen molar-refractivity contribution in [1.29, 1.82) is 0 Å². The minimum Gasteiger partial charge on any atom is -0.459 e. The molecule has 0 N–H and O–H groups in total. The predicted molar refractivity (Wildman–Crippen MR) is 60.5 cm³/mol. The number of esters is 1. The van der Waals surface area contributed by atoms with Crippen LogP contribution < -0.4 is 0 Å². The lowest BCUT2D eigenvalue weighted by atomic mass is 10.2. The molecule has 0 aliphatic rings. The van der Waals surface area contributed by atoms with Gasteiger partial charge in [0.15, 0.2) is 0 Å². The fraction of sp³-hybridized carbons (Fsp3) is 0.308. The van der Waals surface area contributed by atoms with Crippen molar-refractivity contribution in [2.24, 2.45) is 0 Å². The number of carbonyl (C=O) groups is 1. The minimum atomic E-state index is -0.511. The molecule has 1 aromatic carbocycles. The van der Waals surface area contributed by atoms with E-state index in [1.807, 2.05) is 30.3 Å². The Morgan fingerprint density at radius 1 is 1.31 bits per heavy atom. The first-order chi connectivity index (χ1) is 7.83. The Morgan fingerprint density at radius 2 is 2.06 bits per heavy atom. The molecule has 1 rings (SSSR count). The van der Waals surface area contributed by atoms with Crippen molar-refractivity contribution in [3.8, 4) is 11.8 Å². The summed E-state index contributed by atoms with van der Waals surface area (Å²) in [6, 6.07) is 9.90. The van der Waals surface area contributed by atoms with Gasteiger partial charge in [0.05, 0.1) is 20.3 Å². The summed E-state index contributed by atoms with van der Waals surface area (Å²) >= 11 is 0. The van der Waals surface area contributed by atoms with E-state index < -0.39 is 5.97 Å². The first-order valence-corrected chi connectivity index (χ1v) is 5.01. The van der Waals surface area contributed by atoms with Gasteiger partial charge in [0.25, 0.3) is 0 Å². The molecule has 0 spiro atoms. The zero-order valence-electron chi connectivity index (χ0n) is 9.23. The Morgan fingerprint density at radius 3 is 2.75 bits per heavy atom. The molecule has 0 unspecified atom stereocenters. The summed E-state index contributed by atoms with van der Waals surface area (Å²) in [5.41, 5.74) is 1.13. The normalized spacial score (nSPS) is 9.06. The van der Waals surface area contributed by atoms with Crippen molar-refractivity contribution in [1.82, 2.24) is 0 Å². The molecule has 84 valence electrons. The molecule has 0 radical (unpaired) electrons. The van der Waals surface area contributed by atoms with E-state index in [0.717, 1.165) is 5.56 Å². The van der Waals surface area contributed by atoms with Gasteiger partial charge >= 0.3 is 5.97 Å². The van der Waals surface area contributed by atoms with Gasteiger partial charge in [0.2, 0.25) is 0 Å². The smallest absolute Gasteiger partial charge is 0.384 e. The van der Waals surface area contributed by atoms with Gasteiger partial charge in [-0.2, -0.15) is 0 Å². The van der Waals surface area contributed by atoms with Crippen molar-refractivity contribution in [3.63, 3.8) is 0 Å². The second-order valence-corrected chi connectivity index (χ2v) is 3.08. The third-order valence-corrected chi connectivity index (χ3v) is 1.86. The van der Waals surface area contributed by atoms with E-state index in [0.29, 0.717) is 19.6 Å². The number of hydrogen-bond donors (Lipinski definition) is 0. The minimum absolute atomic E-state index is 0.511. The van der Waals surface area contributed by atoms with E-state index in [4.69, 9.17) is 4.74 Å². The molecule has 0 bridgehead atoms. The summed E-state index contributed by atoms with van der Waals surface area (Å²) < 4.78 is 9.75. The second-order valence-electron chi connectivity index (χ2n) is 3.08. The molecule has 0 heterocycles. The molecule has 16 heavy (non-hydrogen) atoms. The highest BCUT2D eigenvalue weighted by atomic mass is 16.5.